The summed E-state index contributed by atoms with van der Waals surface area (Å²) in [7, 11) is 1.84. The quantitative estimate of drug-likeness (QED) is 0.755. The third-order valence-corrected chi connectivity index (χ3v) is 4.95. The summed E-state index contributed by atoms with van der Waals surface area (Å²) >= 11 is 0. The predicted octanol–water partition coefficient (Wildman–Crippen LogP) is 2.15. The van der Waals surface area contributed by atoms with Crippen molar-refractivity contribution in [3.05, 3.63) is 0 Å². The van der Waals surface area contributed by atoms with Crippen LogP contribution in [0.15, 0.2) is 0 Å². The molecule has 0 radical (unpaired) electrons. The lowest BCUT2D eigenvalue weighted by Gasteiger charge is -2.35. The fourth-order valence-electron chi connectivity index (χ4n) is 3.56. The number of halogens is 3. The smallest absolute Gasteiger partial charge is 0.394 e. The van der Waals surface area contributed by atoms with Gasteiger partial charge in [-0.05, 0) is 51.6 Å². The van der Waals surface area contributed by atoms with Crippen LogP contribution in [0.4, 0.5) is 13.2 Å². The number of alkyl halides is 3. The molecule has 2 N–H and O–H groups in total. The molecule has 2 rings (SSSR count). The first-order chi connectivity index (χ1) is 9.40. The average molecular weight is 294 g/mol. The fourth-order valence-corrected chi connectivity index (χ4v) is 3.56. The normalized spacial score (nSPS) is 31.2. The van der Waals surface area contributed by atoms with Gasteiger partial charge in [0.25, 0.3) is 0 Å². The van der Waals surface area contributed by atoms with Crippen molar-refractivity contribution in [2.45, 2.75) is 56.3 Å². The highest BCUT2D eigenvalue weighted by atomic mass is 19.4. The number of aliphatic hydroxyl groups excluding tert-OH is 1. The molecule has 0 bridgehead atoms. The Hall–Kier alpha value is -0.330. The molecule has 0 saturated heterocycles. The molecule has 0 amide bonds. The minimum atomic E-state index is -4.12. The van der Waals surface area contributed by atoms with Gasteiger partial charge in [-0.25, -0.2) is 0 Å². The van der Waals surface area contributed by atoms with Crippen LogP contribution in [0.1, 0.15) is 38.5 Å². The molecule has 0 aromatic carbocycles. The summed E-state index contributed by atoms with van der Waals surface area (Å²) in [6.45, 7) is -0.245. The van der Waals surface area contributed by atoms with E-state index in [2.05, 4.69) is 5.32 Å². The Balaban J connectivity index is 1.89. The van der Waals surface area contributed by atoms with Crippen LogP contribution in [0, 0.1) is 5.92 Å². The van der Waals surface area contributed by atoms with Crippen LogP contribution in [0.25, 0.3) is 0 Å². The van der Waals surface area contributed by atoms with Crippen molar-refractivity contribution in [3.63, 3.8) is 0 Å². The average Bonchev–Trinajstić information content (AvgIpc) is 3.14. The molecule has 2 aliphatic carbocycles. The largest absolute Gasteiger partial charge is 0.401 e. The molecule has 2 fully saturated rings. The van der Waals surface area contributed by atoms with Gasteiger partial charge in [-0.3, -0.25) is 4.90 Å². The Morgan fingerprint density at radius 3 is 2.50 bits per heavy atom. The van der Waals surface area contributed by atoms with E-state index in [9.17, 15) is 18.3 Å². The van der Waals surface area contributed by atoms with E-state index < -0.39 is 12.7 Å². The number of likely N-dealkylation sites (N-methyl/N-ethyl adjacent to an activating group) is 1. The van der Waals surface area contributed by atoms with E-state index in [1.54, 1.807) is 4.90 Å². The van der Waals surface area contributed by atoms with Crippen LogP contribution in [0.3, 0.4) is 0 Å². The van der Waals surface area contributed by atoms with Crippen molar-refractivity contribution in [2.24, 2.45) is 5.92 Å². The number of nitrogens with one attached hydrogen (secondary N) is 1. The minimum absolute atomic E-state index is 0.0663. The van der Waals surface area contributed by atoms with Crippen LogP contribution in [0.5, 0.6) is 0 Å². The van der Waals surface area contributed by atoms with Gasteiger partial charge in [0, 0.05) is 11.6 Å². The Labute approximate surface area is 118 Å². The van der Waals surface area contributed by atoms with Gasteiger partial charge in [0.15, 0.2) is 0 Å². The van der Waals surface area contributed by atoms with E-state index in [0.29, 0.717) is 6.54 Å². The van der Waals surface area contributed by atoms with Crippen LogP contribution in [0.2, 0.25) is 0 Å². The van der Waals surface area contributed by atoms with E-state index in [-0.39, 0.29) is 24.1 Å². The first-order valence-electron chi connectivity index (χ1n) is 7.51. The van der Waals surface area contributed by atoms with Crippen molar-refractivity contribution in [1.29, 1.82) is 0 Å². The van der Waals surface area contributed by atoms with Gasteiger partial charge in [-0.1, -0.05) is 6.42 Å². The monoisotopic (exact) mass is 294 g/mol. The van der Waals surface area contributed by atoms with Gasteiger partial charge in [0.1, 0.15) is 0 Å². The lowest BCUT2D eigenvalue weighted by atomic mass is 9.85. The molecule has 2 aliphatic rings. The van der Waals surface area contributed by atoms with Crippen LogP contribution >= 0.6 is 0 Å². The Morgan fingerprint density at radius 1 is 1.30 bits per heavy atom. The molecule has 0 spiro atoms. The summed E-state index contributed by atoms with van der Waals surface area (Å²) in [6.07, 6.45) is 1.33. The van der Waals surface area contributed by atoms with Gasteiger partial charge in [-0.15, -0.1) is 0 Å². The van der Waals surface area contributed by atoms with Crippen LogP contribution in [-0.4, -0.2) is 54.5 Å². The molecule has 2 saturated carbocycles. The molecular weight excluding hydrogens is 269 g/mol. The Kier molecular flexibility index (Phi) is 4.97. The Morgan fingerprint density at radius 2 is 2.00 bits per heavy atom. The highest BCUT2D eigenvalue weighted by Crippen LogP contribution is 2.38. The highest BCUT2D eigenvalue weighted by molar-refractivity contribution is 4.98. The molecular formula is C14H25F3N2O. The third kappa shape index (κ3) is 3.86. The molecule has 0 aromatic rings. The maximum absolute atomic E-state index is 12.6. The second-order valence-corrected chi connectivity index (χ2v) is 6.26. The molecule has 0 aromatic heterocycles. The van der Waals surface area contributed by atoms with Gasteiger partial charge >= 0.3 is 6.18 Å². The molecule has 0 heterocycles. The van der Waals surface area contributed by atoms with Crippen molar-refractivity contribution in [2.75, 3.05) is 26.7 Å². The summed E-state index contributed by atoms with van der Waals surface area (Å²) in [6, 6.07) is 0.121. The van der Waals surface area contributed by atoms with Crippen LogP contribution in [-0.2, 0) is 0 Å². The van der Waals surface area contributed by atoms with Crippen molar-refractivity contribution >= 4 is 0 Å². The van der Waals surface area contributed by atoms with E-state index >= 15 is 0 Å². The molecule has 3 nitrogen and oxygen atoms in total. The number of nitrogens with zero attached hydrogens (tertiary/aromatic N) is 1. The summed E-state index contributed by atoms with van der Waals surface area (Å²) < 4.78 is 37.8. The maximum Gasteiger partial charge on any atom is 0.401 e. The van der Waals surface area contributed by atoms with Gasteiger partial charge in [0.2, 0.25) is 0 Å². The molecule has 118 valence electrons. The summed E-state index contributed by atoms with van der Waals surface area (Å²) in [4.78, 5) is 1.58. The van der Waals surface area contributed by atoms with Crippen molar-refractivity contribution < 1.29 is 18.3 Å². The number of hydrogen-bond acceptors (Lipinski definition) is 3. The number of rotatable bonds is 7. The predicted molar refractivity (Wildman–Crippen MR) is 71.5 cm³/mol. The second kappa shape index (κ2) is 6.20. The molecule has 0 aliphatic heterocycles. The third-order valence-electron chi connectivity index (χ3n) is 4.95. The first kappa shape index (κ1) is 16.0. The van der Waals surface area contributed by atoms with E-state index in [1.165, 1.54) is 0 Å². The van der Waals surface area contributed by atoms with Gasteiger partial charge in [-0.2, -0.15) is 13.2 Å². The zero-order valence-electron chi connectivity index (χ0n) is 12.0. The topological polar surface area (TPSA) is 35.5 Å². The van der Waals surface area contributed by atoms with E-state index in [1.807, 2.05) is 7.05 Å². The maximum atomic E-state index is 12.6. The van der Waals surface area contributed by atoms with Crippen molar-refractivity contribution in [3.8, 4) is 0 Å². The lowest BCUT2D eigenvalue weighted by Crippen LogP contribution is -2.50. The van der Waals surface area contributed by atoms with E-state index in [4.69, 9.17) is 0 Å². The summed E-state index contributed by atoms with van der Waals surface area (Å²) in [5, 5.41) is 12.8. The van der Waals surface area contributed by atoms with E-state index in [0.717, 1.165) is 38.5 Å². The molecule has 2 atom stereocenters. The zero-order valence-corrected chi connectivity index (χ0v) is 12.0. The Bertz CT molecular complexity index is 314. The zero-order chi connectivity index (χ0) is 14.8. The molecule has 20 heavy (non-hydrogen) atoms. The molecule has 6 heteroatoms. The molecule has 2 unspecified atom stereocenters. The second-order valence-electron chi connectivity index (χ2n) is 6.26. The lowest BCUT2D eigenvalue weighted by molar-refractivity contribution is -0.147. The highest BCUT2D eigenvalue weighted by Gasteiger charge is 2.43. The standard InChI is InChI=1S/C14H25F3N2O/c1-18-13(10-20)7-2-3-11(13)6-8-19(12-4-5-12)9-14(15,16)17/h11-12,18,20H,2-10H2,1H3. The minimum Gasteiger partial charge on any atom is -0.394 e. The van der Waals surface area contributed by atoms with Gasteiger partial charge in [0.05, 0.1) is 13.2 Å². The first-order valence-corrected chi connectivity index (χ1v) is 7.51. The summed E-state index contributed by atoms with van der Waals surface area (Å²) in [5.74, 6) is 0.270. The number of hydrogen-bond donors (Lipinski definition) is 2. The van der Waals surface area contributed by atoms with Gasteiger partial charge < -0.3 is 10.4 Å². The summed E-state index contributed by atoms with van der Waals surface area (Å²) in [5.41, 5.74) is -0.284. The fraction of sp³-hybridized carbons (Fsp3) is 1.00. The van der Waals surface area contributed by atoms with Crippen molar-refractivity contribution in [1.82, 2.24) is 10.2 Å². The SMILES string of the molecule is CNC1(CO)CCCC1CCN(CC(F)(F)F)C1CC1. The number of aliphatic hydroxyl groups is 1. The van der Waals surface area contributed by atoms with Crippen LogP contribution < -0.4 is 5.32 Å².